The fraction of sp³-hybridized carbons (Fsp3) is 0.0952. The molecule has 2 heterocycles. The zero-order valence-corrected chi connectivity index (χ0v) is 13.6. The Morgan fingerprint density at radius 1 is 1.17 bits per heavy atom. The lowest BCUT2D eigenvalue weighted by Crippen LogP contribution is -1.85. The molecule has 0 atom stereocenters. The highest BCUT2D eigenvalue weighted by molar-refractivity contribution is 5.81. The Bertz CT molecular complexity index is 774. The summed E-state index contributed by atoms with van der Waals surface area (Å²) < 4.78 is 5.77. The average molecular weight is 303 g/mol. The first-order chi connectivity index (χ1) is 11.2. The maximum absolute atomic E-state index is 5.77. The molecule has 0 saturated carbocycles. The summed E-state index contributed by atoms with van der Waals surface area (Å²) in [6, 6.07) is 5.89. The molecule has 0 amide bonds. The van der Waals surface area contributed by atoms with Crippen molar-refractivity contribution in [2.24, 2.45) is 0 Å². The van der Waals surface area contributed by atoms with Gasteiger partial charge in [0.25, 0.3) is 0 Å². The molecule has 116 valence electrons. The fourth-order valence-electron chi connectivity index (χ4n) is 2.33. The van der Waals surface area contributed by atoms with Gasteiger partial charge in [0.15, 0.2) is 0 Å². The molecular formula is C21H21NO. The summed E-state index contributed by atoms with van der Waals surface area (Å²) in [5.41, 5.74) is 4.04. The van der Waals surface area contributed by atoms with E-state index in [1.165, 1.54) is 0 Å². The van der Waals surface area contributed by atoms with Crippen LogP contribution in [0.5, 0.6) is 0 Å². The van der Waals surface area contributed by atoms with E-state index in [0.29, 0.717) is 0 Å². The standard InChI is InChI=1S/C21H21NO/c1-5-8-11-19-18(16(4)23-21(19)7-3)14-13-17(6-2)20-12-9-10-15-22-20/h5-15H,1,3H2,2,4H3/b11-8-,14-13-,17-6+. The molecule has 23 heavy (non-hydrogen) atoms. The number of hydrogen-bond acceptors (Lipinski definition) is 2. The van der Waals surface area contributed by atoms with Crippen LogP contribution < -0.4 is 0 Å². The van der Waals surface area contributed by atoms with Gasteiger partial charge in [-0.05, 0) is 37.6 Å². The Hall–Kier alpha value is -2.87. The van der Waals surface area contributed by atoms with Gasteiger partial charge in [0.2, 0.25) is 0 Å². The van der Waals surface area contributed by atoms with E-state index in [4.69, 9.17) is 4.42 Å². The van der Waals surface area contributed by atoms with Crippen LogP contribution in [0.4, 0.5) is 0 Å². The normalized spacial score (nSPS) is 12.2. The summed E-state index contributed by atoms with van der Waals surface area (Å²) in [6.45, 7) is 11.5. The van der Waals surface area contributed by atoms with Crippen LogP contribution in [0.1, 0.15) is 35.3 Å². The van der Waals surface area contributed by atoms with E-state index in [2.05, 4.69) is 30.3 Å². The molecule has 0 aliphatic carbocycles. The molecule has 0 N–H and O–H groups in total. The molecule has 0 bridgehead atoms. The van der Waals surface area contributed by atoms with Crippen LogP contribution in [0.25, 0.3) is 23.8 Å². The van der Waals surface area contributed by atoms with Gasteiger partial charge in [0.1, 0.15) is 11.5 Å². The van der Waals surface area contributed by atoms with Crippen molar-refractivity contribution >= 4 is 23.8 Å². The Balaban J connectivity index is 2.42. The van der Waals surface area contributed by atoms with E-state index >= 15 is 0 Å². The second kappa shape index (κ2) is 7.95. The summed E-state index contributed by atoms with van der Waals surface area (Å²) in [7, 11) is 0. The van der Waals surface area contributed by atoms with Gasteiger partial charge in [-0.2, -0.15) is 0 Å². The number of aromatic nitrogens is 1. The SMILES string of the molecule is C=C/C=C\c1c(C=C)oc(C)c1/C=C\C(=C/C)c1ccccn1. The number of nitrogens with zero attached hydrogens (tertiary/aromatic N) is 1. The zero-order valence-electron chi connectivity index (χ0n) is 13.6. The Kier molecular flexibility index (Phi) is 5.70. The molecule has 0 unspecified atom stereocenters. The molecule has 2 rings (SSSR count). The molecule has 0 aliphatic heterocycles. The predicted octanol–water partition coefficient (Wildman–Crippen LogP) is 5.94. The molecule has 2 aromatic rings. The Morgan fingerprint density at radius 2 is 2.00 bits per heavy atom. The summed E-state index contributed by atoms with van der Waals surface area (Å²) in [5.74, 6) is 1.62. The van der Waals surface area contributed by atoms with Crippen molar-refractivity contribution in [1.29, 1.82) is 0 Å². The van der Waals surface area contributed by atoms with Gasteiger partial charge in [0.05, 0.1) is 5.69 Å². The second-order valence-corrected chi connectivity index (χ2v) is 4.94. The minimum Gasteiger partial charge on any atom is -0.461 e. The van der Waals surface area contributed by atoms with Gasteiger partial charge < -0.3 is 4.42 Å². The predicted molar refractivity (Wildman–Crippen MR) is 99.7 cm³/mol. The van der Waals surface area contributed by atoms with Crippen molar-refractivity contribution in [3.05, 3.63) is 90.2 Å². The third kappa shape index (κ3) is 3.86. The van der Waals surface area contributed by atoms with Crippen LogP contribution in [0.15, 0.2) is 66.3 Å². The highest BCUT2D eigenvalue weighted by Crippen LogP contribution is 2.27. The van der Waals surface area contributed by atoms with Gasteiger partial charge in [-0.1, -0.05) is 55.7 Å². The van der Waals surface area contributed by atoms with Gasteiger partial charge in [-0.3, -0.25) is 4.98 Å². The summed E-state index contributed by atoms with van der Waals surface area (Å²) in [5, 5.41) is 0. The Morgan fingerprint density at radius 3 is 2.61 bits per heavy atom. The summed E-state index contributed by atoms with van der Waals surface area (Å²) in [6.07, 6.45) is 15.3. The zero-order chi connectivity index (χ0) is 16.7. The molecule has 0 saturated heterocycles. The number of pyridine rings is 1. The maximum atomic E-state index is 5.77. The minimum atomic E-state index is 0.764. The summed E-state index contributed by atoms with van der Waals surface area (Å²) >= 11 is 0. The molecule has 0 radical (unpaired) electrons. The second-order valence-electron chi connectivity index (χ2n) is 4.94. The lowest BCUT2D eigenvalue weighted by atomic mass is 10.0. The third-order valence-electron chi connectivity index (χ3n) is 3.48. The lowest BCUT2D eigenvalue weighted by molar-refractivity contribution is 0.524. The van der Waals surface area contributed by atoms with Crippen LogP contribution >= 0.6 is 0 Å². The number of aryl methyl sites for hydroxylation is 1. The van der Waals surface area contributed by atoms with Crippen LogP contribution in [0.2, 0.25) is 0 Å². The van der Waals surface area contributed by atoms with E-state index in [-0.39, 0.29) is 0 Å². The molecule has 2 nitrogen and oxygen atoms in total. The fourth-order valence-corrected chi connectivity index (χ4v) is 2.33. The van der Waals surface area contributed by atoms with Crippen LogP contribution in [-0.4, -0.2) is 4.98 Å². The quantitative estimate of drug-likeness (QED) is 0.617. The topological polar surface area (TPSA) is 26.0 Å². The van der Waals surface area contributed by atoms with Crippen molar-refractivity contribution in [3.8, 4) is 0 Å². The van der Waals surface area contributed by atoms with Gasteiger partial charge in [-0.15, -0.1) is 0 Å². The molecule has 0 spiro atoms. The highest BCUT2D eigenvalue weighted by atomic mass is 16.3. The van der Waals surface area contributed by atoms with Crippen molar-refractivity contribution in [3.63, 3.8) is 0 Å². The minimum absolute atomic E-state index is 0.764. The largest absolute Gasteiger partial charge is 0.461 e. The number of furan rings is 1. The average Bonchev–Trinajstić information content (AvgIpc) is 2.89. The van der Waals surface area contributed by atoms with Crippen molar-refractivity contribution in [1.82, 2.24) is 4.98 Å². The van der Waals surface area contributed by atoms with Gasteiger partial charge in [0, 0.05) is 17.3 Å². The molecule has 0 aromatic carbocycles. The smallest absolute Gasteiger partial charge is 0.134 e. The first-order valence-electron chi connectivity index (χ1n) is 7.52. The number of hydrogen-bond donors (Lipinski definition) is 0. The molecule has 2 heteroatoms. The van der Waals surface area contributed by atoms with Gasteiger partial charge >= 0.3 is 0 Å². The third-order valence-corrected chi connectivity index (χ3v) is 3.48. The molecule has 0 fully saturated rings. The molecular weight excluding hydrogens is 282 g/mol. The van der Waals surface area contributed by atoms with E-state index in [9.17, 15) is 0 Å². The first-order valence-corrected chi connectivity index (χ1v) is 7.52. The maximum Gasteiger partial charge on any atom is 0.134 e. The highest BCUT2D eigenvalue weighted by Gasteiger charge is 2.11. The van der Waals surface area contributed by atoms with Crippen molar-refractivity contribution in [2.45, 2.75) is 13.8 Å². The van der Waals surface area contributed by atoms with Gasteiger partial charge in [-0.25, -0.2) is 0 Å². The Labute approximate surface area is 137 Å². The van der Waals surface area contributed by atoms with E-state index in [1.54, 1.807) is 18.3 Å². The number of allylic oxidation sites excluding steroid dienone is 5. The van der Waals surface area contributed by atoms with Crippen molar-refractivity contribution in [2.75, 3.05) is 0 Å². The van der Waals surface area contributed by atoms with Crippen molar-refractivity contribution < 1.29 is 4.42 Å². The van der Waals surface area contributed by atoms with E-state index in [0.717, 1.165) is 33.9 Å². The summed E-state index contributed by atoms with van der Waals surface area (Å²) in [4.78, 5) is 4.39. The van der Waals surface area contributed by atoms with Crippen LogP contribution in [0.3, 0.4) is 0 Å². The van der Waals surface area contributed by atoms with E-state index in [1.807, 2.05) is 50.3 Å². The molecule has 2 aromatic heterocycles. The lowest BCUT2D eigenvalue weighted by Gasteiger charge is -2.00. The monoisotopic (exact) mass is 303 g/mol. The van der Waals surface area contributed by atoms with Crippen LogP contribution in [0, 0.1) is 6.92 Å². The van der Waals surface area contributed by atoms with Crippen LogP contribution in [-0.2, 0) is 0 Å². The van der Waals surface area contributed by atoms with E-state index < -0.39 is 0 Å². The molecule has 0 aliphatic rings. The first kappa shape index (κ1) is 16.5. The number of rotatable bonds is 6.